The highest BCUT2D eigenvalue weighted by atomic mass is 19.1. The Morgan fingerprint density at radius 2 is 2.10 bits per heavy atom. The molecular weight excluding hydrogens is 375 g/mol. The summed E-state index contributed by atoms with van der Waals surface area (Å²) in [5.74, 6) is 0.509. The van der Waals surface area contributed by atoms with Gasteiger partial charge in [-0.2, -0.15) is 5.26 Å². The van der Waals surface area contributed by atoms with Crippen LogP contribution in [0.5, 0.6) is 11.5 Å². The highest BCUT2D eigenvalue weighted by Crippen LogP contribution is 2.28. The fourth-order valence-corrected chi connectivity index (χ4v) is 3.02. The second-order valence-corrected chi connectivity index (χ2v) is 6.39. The van der Waals surface area contributed by atoms with Gasteiger partial charge in [-0.25, -0.2) is 4.39 Å². The molecule has 0 radical (unpaired) electrons. The molecular formula is C22H21FN2O4. The molecule has 0 aliphatic carbocycles. The quantitative estimate of drug-likeness (QED) is 0.701. The first-order valence-electron chi connectivity index (χ1n) is 9.12. The van der Waals surface area contributed by atoms with E-state index in [-0.39, 0.29) is 24.4 Å². The van der Waals surface area contributed by atoms with Crippen molar-refractivity contribution in [2.45, 2.75) is 6.10 Å². The Morgan fingerprint density at radius 1 is 1.31 bits per heavy atom. The number of methoxy groups -OCH3 is 1. The summed E-state index contributed by atoms with van der Waals surface area (Å²) in [6, 6.07) is 13.2. The first-order valence-corrected chi connectivity index (χ1v) is 9.12. The van der Waals surface area contributed by atoms with E-state index in [0.717, 1.165) is 11.1 Å². The molecule has 1 unspecified atom stereocenters. The van der Waals surface area contributed by atoms with Gasteiger partial charge in [-0.3, -0.25) is 4.79 Å². The summed E-state index contributed by atoms with van der Waals surface area (Å²) in [5, 5.41) is 8.62. The predicted molar refractivity (Wildman–Crippen MR) is 105 cm³/mol. The molecule has 0 bridgehead atoms. The zero-order valence-corrected chi connectivity index (χ0v) is 16.0. The second-order valence-electron chi connectivity index (χ2n) is 6.39. The molecule has 1 fully saturated rings. The van der Waals surface area contributed by atoms with Crippen molar-refractivity contribution in [1.82, 2.24) is 4.90 Å². The van der Waals surface area contributed by atoms with Crippen LogP contribution in [0, 0.1) is 17.1 Å². The Bertz CT molecular complexity index is 921. The van der Waals surface area contributed by atoms with Gasteiger partial charge in [-0.1, -0.05) is 18.2 Å². The number of ether oxygens (including phenoxy) is 3. The molecule has 0 N–H and O–H groups in total. The van der Waals surface area contributed by atoms with Gasteiger partial charge < -0.3 is 19.1 Å². The highest BCUT2D eigenvalue weighted by Gasteiger charge is 2.24. The maximum absolute atomic E-state index is 13.1. The Kier molecular flexibility index (Phi) is 6.82. The fourth-order valence-electron chi connectivity index (χ4n) is 3.02. The molecule has 1 heterocycles. The van der Waals surface area contributed by atoms with Crippen molar-refractivity contribution in [2.75, 3.05) is 33.4 Å². The summed E-state index contributed by atoms with van der Waals surface area (Å²) in [6.45, 7) is 1.24. The summed E-state index contributed by atoms with van der Waals surface area (Å²) < 4.78 is 29.4. The number of hydrogen-bond acceptors (Lipinski definition) is 5. The molecule has 7 heteroatoms. The molecule has 1 saturated heterocycles. The minimum absolute atomic E-state index is 0.0731. The Labute approximate surface area is 168 Å². The number of carbonyl (C=O) groups excluding carboxylic acids is 1. The third kappa shape index (κ3) is 5.33. The summed E-state index contributed by atoms with van der Waals surface area (Å²) in [7, 11) is 1.51. The van der Waals surface area contributed by atoms with Crippen molar-refractivity contribution in [1.29, 1.82) is 5.26 Å². The van der Waals surface area contributed by atoms with Crippen LogP contribution in [0.1, 0.15) is 17.2 Å². The van der Waals surface area contributed by atoms with E-state index in [1.807, 2.05) is 6.07 Å². The number of benzene rings is 2. The molecule has 1 atom stereocenters. The average molecular weight is 396 g/mol. The Morgan fingerprint density at radius 3 is 2.83 bits per heavy atom. The topological polar surface area (TPSA) is 71.8 Å². The number of rotatable bonds is 6. The molecule has 1 aliphatic heterocycles. The van der Waals surface area contributed by atoms with Gasteiger partial charge in [0.15, 0.2) is 18.1 Å². The van der Waals surface area contributed by atoms with Gasteiger partial charge in [-0.15, -0.1) is 0 Å². The summed E-state index contributed by atoms with van der Waals surface area (Å²) in [4.78, 5) is 14.3. The van der Waals surface area contributed by atoms with Crippen LogP contribution < -0.4 is 9.47 Å². The van der Waals surface area contributed by atoms with E-state index in [2.05, 4.69) is 0 Å². The monoisotopic (exact) mass is 396 g/mol. The van der Waals surface area contributed by atoms with Crippen molar-refractivity contribution < 1.29 is 23.4 Å². The van der Waals surface area contributed by atoms with E-state index in [1.165, 1.54) is 25.3 Å². The summed E-state index contributed by atoms with van der Waals surface area (Å²) in [5.41, 5.74) is 1.61. The van der Waals surface area contributed by atoms with Crippen molar-refractivity contribution in [3.05, 3.63) is 65.5 Å². The molecule has 29 heavy (non-hydrogen) atoms. The van der Waals surface area contributed by atoms with E-state index >= 15 is 0 Å². The molecule has 1 aliphatic rings. The Hall–Kier alpha value is -3.37. The molecule has 150 valence electrons. The van der Waals surface area contributed by atoms with Gasteiger partial charge in [0.25, 0.3) is 0 Å². The zero-order valence-electron chi connectivity index (χ0n) is 16.0. The lowest BCUT2D eigenvalue weighted by Crippen LogP contribution is -2.41. The number of morpholine rings is 1. The van der Waals surface area contributed by atoms with Crippen molar-refractivity contribution in [2.24, 2.45) is 0 Å². The van der Waals surface area contributed by atoms with Crippen LogP contribution >= 0.6 is 0 Å². The number of nitriles is 1. The third-order valence-corrected chi connectivity index (χ3v) is 4.52. The molecule has 2 aromatic rings. The van der Waals surface area contributed by atoms with Gasteiger partial charge in [0, 0.05) is 12.6 Å². The van der Waals surface area contributed by atoms with Crippen LogP contribution in [-0.2, 0) is 9.53 Å². The van der Waals surface area contributed by atoms with Crippen LogP contribution in [0.15, 0.2) is 48.5 Å². The third-order valence-electron chi connectivity index (χ3n) is 4.52. The van der Waals surface area contributed by atoms with Crippen molar-refractivity contribution in [3.8, 4) is 17.6 Å². The first kappa shape index (κ1) is 20.4. The molecule has 0 aromatic heterocycles. The zero-order chi connectivity index (χ0) is 20.6. The number of hydrogen-bond donors (Lipinski definition) is 0. The highest BCUT2D eigenvalue weighted by molar-refractivity contribution is 5.92. The molecule has 3 rings (SSSR count). The van der Waals surface area contributed by atoms with E-state index in [9.17, 15) is 9.18 Å². The number of halogens is 1. The lowest BCUT2D eigenvalue weighted by molar-refractivity contribution is -0.133. The second kappa shape index (κ2) is 9.71. The average Bonchev–Trinajstić information content (AvgIpc) is 2.76. The normalized spacial score (nSPS) is 16.4. The summed E-state index contributed by atoms with van der Waals surface area (Å²) in [6.07, 6.45) is 2.91. The lowest BCUT2D eigenvalue weighted by atomic mass is 10.1. The first-order chi connectivity index (χ1) is 14.1. The summed E-state index contributed by atoms with van der Waals surface area (Å²) >= 11 is 0. The molecule has 0 spiro atoms. The maximum Gasteiger partial charge on any atom is 0.246 e. The van der Waals surface area contributed by atoms with Crippen molar-refractivity contribution in [3.63, 3.8) is 0 Å². The van der Waals surface area contributed by atoms with Gasteiger partial charge in [-0.05, 0) is 41.5 Å². The number of amides is 1. The lowest BCUT2D eigenvalue weighted by Gasteiger charge is -2.32. The molecule has 0 saturated carbocycles. The fraction of sp³-hybridized carbons (Fsp3) is 0.273. The SMILES string of the molecule is COc1cc(/C=C/C(=O)N2CCOC(c3ccc(F)cc3)C2)ccc1OCC#N. The van der Waals surface area contributed by atoms with Crippen LogP contribution in [0.3, 0.4) is 0 Å². The smallest absolute Gasteiger partial charge is 0.246 e. The standard InChI is InChI=1S/C22H21FN2O4/c1-27-20-14-16(2-8-19(20)28-12-10-24)3-9-22(26)25-11-13-29-21(15-25)17-4-6-18(23)7-5-17/h2-9,14,21H,11-13,15H2,1H3/b9-3+. The predicted octanol–water partition coefficient (Wildman–Crippen LogP) is 3.35. The number of carbonyl (C=O) groups is 1. The van der Waals surface area contributed by atoms with Gasteiger partial charge in [0.1, 0.15) is 18.0 Å². The molecule has 2 aromatic carbocycles. The minimum Gasteiger partial charge on any atom is -0.493 e. The van der Waals surface area contributed by atoms with Gasteiger partial charge in [0.05, 0.1) is 20.3 Å². The molecule has 1 amide bonds. The van der Waals surface area contributed by atoms with E-state index in [1.54, 1.807) is 41.3 Å². The van der Waals surface area contributed by atoms with Crippen LogP contribution in [0.4, 0.5) is 4.39 Å². The molecule has 6 nitrogen and oxygen atoms in total. The van der Waals surface area contributed by atoms with E-state index in [0.29, 0.717) is 31.2 Å². The maximum atomic E-state index is 13.1. The number of nitrogens with zero attached hydrogens (tertiary/aromatic N) is 2. The van der Waals surface area contributed by atoms with Gasteiger partial charge >= 0.3 is 0 Å². The van der Waals surface area contributed by atoms with Crippen LogP contribution in [-0.4, -0.2) is 44.2 Å². The van der Waals surface area contributed by atoms with E-state index in [4.69, 9.17) is 19.5 Å². The van der Waals surface area contributed by atoms with Crippen LogP contribution in [0.2, 0.25) is 0 Å². The van der Waals surface area contributed by atoms with Gasteiger partial charge in [0.2, 0.25) is 5.91 Å². The van der Waals surface area contributed by atoms with E-state index < -0.39 is 0 Å². The van der Waals surface area contributed by atoms with Crippen LogP contribution in [0.25, 0.3) is 6.08 Å². The Balaban J connectivity index is 1.65. The van der Waals surface area contributed by atoms with Crippen molar-refractivity contribution >= 4 is 12.0 Å². The minimum atomic E-state index is -0.306. The largest absolute Gasteiger partial charge is 0.493 e.